The van der Waals surface area contributed by atoms with E-state index in [1.807, 2.05) is 0 Å². The largest absolute Gasteiger partial charge is 0.478 e. The zero-order chi connectivity index (χ0) is 22.1. The zero-order valence-corrected chi connectivity index (χ0v) is 15.3. The molecule has 0 radical (unpaired) electrons. The highest BCUT2D eigenvalue weighted by molar-refractivity contribution is 6.31. The maximum absolute atomic E-state index is 14.5. The van der Waals surface area contributed by atoms with E-state index in [0.29, 0.717) is 17.7 Å². The molecule has 156 valence electrons. The lowest BCUT2D eigenvalue weighted by molar-refractivity contribution is -0.140. The topological polar surface area (TPSA) is 37.3 Å². The van der Waals surface area contributed by atoms with Crippen LogP contribution in [-0.2, 0) is 6.18 Å². The number of halogens is 8. The summed E-state index contributed by atoms with van der Waals surface area (Å²) >= 11 is 5.78. The molecule has 0 saturated heterocycles. The van der Waals surface area contributed by atoms with Crippen molar-refractivity contribution >= 4 is 23.4 Å². The number of carboxylic acids is 1. The highest BCUT2D eigenvalue weighted by Gasteiger charge is 2.40. The van der Waals surface area contributed by atoms with E-state index < -0.39 is 46.8 Å². The SMILES string of the molecule is Cc1cc(C(/C=C(\F)c2ccc(C(=O)O)c(C(F)(F)F)c2)C(F)(F)F)ccc1Cl. The molecule has 0 aliphatic carbocycles. The monoisotopic (exact) mass is 440 g/mol. The van der Waals surface area contributed by atoms with Crippen molar-refractivity contribution in [3.63, 3.8) is 0 Å². The highest BCUT2D eigenvalue weighted by Crippen LogP contribution is 2.40. The number of benzene rings is 2. The van der Waals surface area contributed by atoms with Crippen LogP contribution in [0.1, 0.15) is 38.5 Å². The van der Waals surface area contributed by atoms with Crippen molar-refractivity contribution in [3.05, 3.63) is 75.3 Å². The standard InChI is InChI=1S/C19H12ClF7O2/c1-9-6-10(3-5-15(9)20)13(18(22,23)24)8-16(21)11-2-4-12(17(28)29)14(7-11)19(25,26)27/h2-8,13H,1H3,(H,28,29)/b16-8-. The first-order valence-electron chi connectivity index (χ1n) is 7.87. The average molecular weight is 441 g/mol. The van der Waals surface area contributed by atoms with Gasteiger partial charge >= 0.3 is 18.3 Å². The molecule has 1 unspecified atom stereocenters. The van der Waals surface area contributed by atoms with E-state index in [4.69, 9.17) is 16.7 Å². The Morgan fingerprint density at radius 2 is 1.69 bits per heavy atom. The maximum atomic E-state index is 14.5. The molecule has 1 N–H and O–H groups in total. The van der Waals surface area contributed by atoms with Crippen molar-refractivity contribution in [3.8, 4) is 0 Å². The van der Waals surface area contributed by atoms with Gasteiger partial charge in [-0.05, 0) is 42.3 Å². The Bertz CT molecular complexity index is 962. The minimum atomic E-state index is -5.14. The molecule has 10 heteroatoms. The molecule has 0 aliphatic heterocycles. The number of alkyl halides is 6. The Kier molecular flexibility index (Phi) is 6.32. The molecule has 0 amide bonds. The average Bonchev–Trinajstić information content (AvgIpc) is 2.59. The molecule has 0 saturated carbocycles. The van der Waals surface area contributed by atoms with E-state index >= 15 is 0 Å². The molecular formula is C19H12ClF7O2. The van der Waals surface area contributed by atoms with Crippen molar-refractivity contribution in [1.82, 2.24) is 0 Å². The van der Waals surface area contributed by atoms with Crippen LogP contribution in [0.2, 0.25) is 5.02 Å². The Balaban J connectivity index is 2.58. The van der Waals surface area contributed by atoms with Gasteiger partial charge in [0.1, 0.15) is 11.7 Å². The maximum Gasteiger partial charge on any atom is 0.417 e. The molecule has 0 spiro atoms. The summed E-state index contributed by atoms with van der Waals surface area (Å²) in [7, 11) is 0. The van der Waals surface area contributed by atoms with Crippen LogP contribution >= 0.6 is 11.6 Å². The summed E-state index contributed by atoms with van der Waals surface area (Å²) < 4.78 is 94.0. The first-order valence-corrected chi connectivity index (χ1v) is 8.24. The molecule has 2 nitrogen and oxygen atoms in total. The lowest BCUT2D eigenvalue weighted by Crippen LogP contribution is -2.19. The predicted octanol–water partition coefficient (Wildman–Crippen LogP) is 7.02. The minimum absolute atomic E-state index is 0.138. The molecule has 0 fully saturated rings. The fourth-order valence-corrected chi connectivity index (χ4v) is 2.71. The molecule has 0 bridgehead atoms. The van der Waals surface area contributed by atoms with Crippen LogP contribution in [-0.4, -0.2) is 17.3 Å². The first kappa shape index (κ1) is 22.7. The third kappa shape index (κ3) is 5.29. The van der Waals surface area contributed by atoms with E-state index in [0.717, 1.165) is 12.1 Å². The van der Waals surface area contributed by atoms with Crippen molar-refractivity contribution < 1.29 is 40.6 Å². The fourth-order valence-electron chi connectivity index (χ4n) is 2.60. The fraction of sp³-hybridized carbons (Fsp3) is 0.211. The Labute approximate surface area is 165 Å². The summed E-state index contributed by atoms with van der Waals surface area (Å²) in [6, 6.07) is 4.65. The summed E-state index contributed by atoms with van der Waals surface area (Å²) in [6.07, 6.45) is -9.94. The number of allylic oxidation sites excluding steroid dienone is 1. The van der Waals surface area contributed by atoms with Gasteiger partial charge < -0.3 is 5.11 Å². The summed E-state index contributed by atoms with van der Waals surface area (Å²) in [5.74, 6) is -5.94. The van der Waals surface area contributed by atoms with Crippen molar-refractivity contribution in [2.24, 2.45) is 0 Å². The van der Waals surface area contributed by atoms with Crippen LogP contribution in [0.25, 0.3) is 5.83 Å². The quantitative estimate of drug-likeness (QED) is 0.519. The number of rotatable bonds is 4. The number of hydrogen-bond acceptors (Lipinski definition) is 1. The molecule has 2 aromatic carbocycles. The molecule has 0 aromatic heterocycles. The van der Waals surface area contributed by atoms with Crippen molar-refractivity contribution in [2.75, 3.05) is 0 Å². The van der Waals surface area contributed by atoms with E-state index in [-0.39, 0.29) is 22.7 Å². The summed E-state index contributed by atoms with van der Waals surface area (Å²) in [5, 5.41) is 9.03. The van der Waals surface area contributed by atoms with Gasteiger partial charge in [-0.2, -0.15) is 26.3 Å². The third-order valence-corrected chi connectivity index (χ3v) is 4.46. The molecule has 0 aliphatic rings. The van der Waals surface area contributed by atoms with Gasteiger partial charge in [-0.15, -0.1) is 0 Å². The number of aryl methyl sites for hydroxylation is 1. The molecule has 2 aromatic rings. The van der Waals surface area contributed by atoms with Crippen LogP contribution in [0.15, 0.2) is 42.5 Å². The van der Waals surface area contributed by atoms with Gasteiger partial charge in [0.2, 0.25) is 0 Å². The molecule has 2 rings (SSSR count). The number of carbonyl (C=O) groups is 1. The van der Waals surface area contributed by atoms with Gasteiger partial charge in [-0.25, -0.2) is 9.18 Å². The number of aromatic carboxylic acids is 1. The summed E-state index contributed by atoms with van der Waals surface area (Å²) in [6.45, 7) is 1.44. The van der Waals surface area contributed by atoms with Crippen molar-refractivity contribution in [2.45, 2.75) is 25.2 Å². The van der Waals surface area contributed by atoms with Crippen LogP contribution in [0.4, 0.5) is 30.7 Å². The first-order chi connectivity index (χ1) is 13.2. The second-order valence-corrected chi connectivity index (χ2v) is 6.51. The number of carboxylic acid groups (broad SMARTS) is 1. The third-order valence-electron chi connectivity index (χ3n) is 4.04. The van der Waals surface area contributed by atoms with Gasteiger partial charge in [-0.1, -0.05) is 29.8 Å². The number of hydrogen-bond donors (Lipinski definition) is 1. The van der Waals surface area contributed by atoms with E-state index in [2.05, 4.69) is 0 Å². The normalized spacial score (nSPS) is 14.0. The second-order valence-electron chi connectivity index (χ2n) is 6.11. The van der Waals surface area contributed by atoms with E-state index in [9.17, 15) is 35.5 Å². The molecule has 1 atom stereocenters. The zero-order valence-electron chi connectivity index (χ0n) is 14.5. The Morgan fingerprint density at radius 1 is 1.07 bits per heavy atom. The molecule has 0 heterocycles. The second kappa shape index (κ2) is 8.06. The van der Waals surface area contributed by atoms with Crippen LogP contribution in [0.3, 0.4) is 0 Å². The van der Waals surface area contributed by atoms with Gasteiger partial charge in [0, 0.05) is 10.6 Å². The van der Waals surface area contributed by atoms with Gasteiger partial charge in [0.05, 0.1) is 11.1 Å². The van der Waals surface area contributed by atoms with Gasteiger partial charge in [0.25, 0.3) is 0 Å². The smallest absolute Gasteiger partial charge is 0.417 e. The predicted molar refractivity (Wildman–Crippen MR) is 92.5 cm³/mol. The summed E-state index contributed by atoms with van der Waals surface area (Å²) in [4.78, 5) is 10.9. The Hall–Kier alpha value is -2.55. The summed E-state index contributed by atoms with van der Waals surface area (Å²) in [5.41, 5.74) is -3.70. The lowest BCUT2D eigenvalue weighted by atomic mass is 9.94. The molecular weight excluding hydrogens is 429 g/mol. The van der Waals surface area contributed by atoms with Gasteiger partial charge in [-0.3, -0.25) is 0 Å². The van der Waals surface area contributed by atoms with Crippen LogP contribution in [0.5, 0.6) is 0 Å². The van der Waals surface area contributed by atoms with Crippen LogP contribution < -0.4 is 0 Å². The van der Waals surface area contributed by atoms with E-state index in [1.54, 1.807) is 0 Å². The minimum Gasteiger partial charge on any atom is -0.478 e. The van der Waals surface area contributed by atoms with Crippen LogP contribution in [0, 0.1) is 6.92 Å². The van der Waals surface area contributed by atoms with Gasteiger partial charge in [0.15, 0.2) is 0 Å². The molecule has 29 heavy (non-hydrogen) atoms. The highest BCUT2D eigenvalue weighted by atomic mass is 35.5. The Morgan fingerprint density at radius 3 is 2.17 bits per heavy atom. The lowest BCUT2D eigenvalue weighted by Gasteiger charge is -2.19. The van der Waals surface area contributed by atoms with E-state index in [1.165, 1.54) is 13.0 Å². The van der Waals surface area contributed by atoms with Crippen molar-refractivity contribution in [1.29, 1.82) is 0 Å².